The fraction of sp³-hybridized carbons (Fsp3) is 0.263. The van der Waals surface area contributed by atoms with Crippen molar-refractivity contribution in [2.45, 2.75) is 20.0 Å². The van der Waals surface area contributed by atoms with Crippen LogP contribution in [0.25, 0.3) is 0 Å². The van der Waals surface area contributed by atoms with Gasteiger partial charge in [0.2, 0.25) is 0 Å². The Bertz CT molecular complexity index is 1190. The second-order valence-corrected chi connectivity index (χ2v) is 8.87. The topological polar surface area (TPSA) is 166 Å². The molecule has 0 N–H and O–H groups in total. The van der Waals surface area contributed by atoms with Crippen molar-refractivity contribution in [2.75, 3.05) is 12.8 Å². The molecule has 0 aromatic heterocycles. The van der Waals surface area contributed by atoms with Gasteiger partial charge in [-0.15, -0.1) is 0 Å². The van der Waals surface area contributed by atoms with E-state index in [-0.39, 0.29) is 38.9 Å². The van der Waals surface area contributed by atoms with E-state index >= 15 is 0 Å². The van der Waals surface area contributed by atoms with Gasteiger partial charge in [-0.25, -0.2) is 4.57 Å². The number of rotatable bonds is 9. The summed E-state index contributed by atoms with van der Waals surface area (Å²) < 4.78 is 63.1. The third-order valence-electron chi connectivity index (χ3n) is 4.35. The molecule has 35 heavy (non-hydrogen) atoms. The smallest absolute Gasteiger partial charge is 0.415 e. The number of carbonyl (C=O) groups excluding carboxylic acids is 1. The molecule has 0 aliphatic rings. The number of hydrogen-bond donors (Lipinski definition) is 0. The van der Waals surface area contributed by atoms with E-state index in [0.717, 1.165) is 36.4 Å². The number of amides is 1. The van der Waals surface area contributed by atoms with Crippen LogP contribution in [0, 0.1) is 45.4 Å². The third kappa shape index (κ3) is 6.90. The Morgan fingerprint density at radius 1 is 1.03 bits per heavy atom. The van der Waals surface area contributed by atoms with Crippen molar-refractivity contribution in [3.05, 3.63) is 67.8 Å². The van der Waals surface area contributed by atoms with Crippen LogP contribution in [0.3, 0.4) is 0 Å². The molecule has 0 spiro atoms. The molecule has 0 fully saturated rings. The minimum atomic E-state index is -5.41. The van der Waals surface area contributed by atoms with Gasteiger partial charge >= 0.3 is 19.7 Å². The zero-order valence-electron chi connectivity index (χ0n) is 18.0. The highest BCUT2D eigenvalue weighted by Crippen LogP contribution is 2.50. The van der Waals surface area contributed by atoms with E-state index in [1.807, 2.05) is 0 Å². The number of benzene rings is 2. The fourth-order valence-corrected chi connectivity index (χ4v) is 4.51. The number of nitriles is 1. The normalized spacial score (nSPS) is 11.3. The van der Waals surface area contributed by atoms with Crippen LogP contribution in [0.15, 0.2) is 36.4 Å². The van der Waals surface area contributed by atoms with E-state index in [4.69, 9.17) is 14.3 Å². The number of hydrogen-bond acceptors (Lipinski definition) is 9. The lowest BCUT2D eigenvalue weighted by molar-refractivity contribution is -0.385. The zero-order valence-corrected chi connectivity index (χ0v) is 18.9. The molecule has 0 atom stereocenters. The number of nitro benzene ring substituents is 2. The number of nitro groups is 2. The van der Waals surface area contributed by atoms with Crippen molar-refractivity contribution >= 4 is 24.9 Å². The Morgan fingerprint density at radius 2 is 1.46 bits per heavy atom. The van der Waals surface area contributed by atoms with E-state index in [9.17, 15) is 42.8 Å². The highest BCUT2D eigenvalue weighted by Gasteiger charge is 2.46. The van der Waals surface area contributed by atoms with Crippen LogP contribution >= 0.6 is 7.60 Å². The standard InChI is InChI=1S/C19H16F3N4O8P/c1-12-9-14(3-5-16(12)25(28)29)33-35(32,11-24(8-7-23)18(27)19(20,21)22)34-15-4-6-17(26(30)31)13(2)10-15/h3-6,9-10H,8,11H2,1-2H3. The number of halogens is 3. The van der Waals surface area contributed by atoms with Crippen molar-refractivity contribution in [1.82, 2.24) is 4.90 Å². The second kappa shape index (κ2) is 10.4. The van der Waals surface area contributed by atoms with Gasteiger partial charge in [-0.2, -0.15) is 18.4 Å². The molecule has 0 aliphatic carbocycles. The van der Waals surface area contributed by atoms with Gasteiger partial charge in [-0.05, 0) is 38.1 Å². The molecule has 0 heterocycles. The number of carbonyl (C=O) groups is 1. The third-order valence-corrected chi connectivity index (χ3v) is 6.02. The van der Waals surface area contributed by atoms with E-state index < -0.39 is 42.4 Å². The van der Waals surface area contributed by atoms with Gasteiger partial charge in [0, 0.05) is 23.3 Å². The highest BCUT2D eigenvalue weighted by atomic mass is 31.2. The Kier molecular flexibility index (Phi) is 8.04. The number of alkyl halides is 3. The highest BCUT2D eigenvalue weighted by molar-refractivity contribution is 7.54. The lowest BCUT2D eigenvalue weighted by Gasteiger charge is -2.26. The van der Waals surface area contributed by atoms with Gasteiger partial charge in [-0.3, -0.25) is 25.0 Å². The fourth-order valence-electron chi connectivity index (χ4n) is 2.84. The van der Waals surface area contributed by atoms with Crippen LogP contribution in [0.4, 0.5) is 24.5 Å². The minimum Gasteiger partial charge on any atom is -0.415 e. The van der Waals surface area contributed by atoms with Crippen LogP contribution in [-0.2, 0) is 9.36 Å². The Hall–Kier alpha value is -4.18. The lowest BCUT2D eigenvalue weighted by atomic mass is 10.2. The Labute approximate surface area is 195 Å². The van der Waals surface area contributed by atoms with Crippen molar-refractivity contribution < 1.29 is 41.4 Å². The SMILES string of the molecule is Cc1cc(OP(=O)(CN(CC#N)C(=O)C(F)(F)F)Oc2ccc([N+](=O)[O-])c(C)c2)ccc1[N+](=O)[O-]. The van der Waals surface area contributed by atoms with Crippen molar-refractivity contribution in [3.8, 4) is 17.6 Å². The molecule has 0 saturated heterocycles. The van der Waals surface area contributed by atoms with Crippen LogP contribution in [0.5, 0.6) is 11.5 Å². The van der Waals surface area contributed by atoms with E-state index in [2.05, 4.69) is 0 Å². The Morgan fingerprint density at radius 3 is 1.77 bits per heavy atom. The molecule has 1 amide bonds. The van der Waals surface area contributed by atoms with Gasteiger partial charge in [-0.1, -0.05) is 0 Å². The molecular formula is C19H16F3N4O8P. The molecule has 186 valence electrons. The largest absolute Gasteiger partial charge is 0.471 e. The lowest BCUT2D eigenvalue weighted by Crippen LogP contribution is -2.42. The molecule has 0 saturated carbocycles. The monoisotopic (exact) mass is 516 g/mol. The predicted octanol–water partition coefficient (Wildman–Crippen LogP) is 4.64. The summed E-state index contributed by atoms with van der Waals surface area (Å²) in [4.78, 5) is 32.3. The van der Waals surface area contributed by atoms with Crippen molar-refractivity contribution in [3.63, 3.8) is 0 Å². The van der Waals surface area contributed by atoms with Gasteiger partial charge in [0.25, 0.3) is 11.4 Å². The van der Waals surface area contributed by atoms with Crippen LogP contribution in [0.1, 0.15) is 11.1 Å². The molecule has 2 aromatic carbocycles. The van der Waals surface area contributed by atoms with Crippen LogP contribution < -0.4 is 9.05 Å². The van der Waals surface area contributed by atoms with E-state index in [0.29, 0.717) is 0 Å². The second-order valence-electron chi connectivity index (χ2n) is 7.00. The quantitative estimate of drug-likeness (QED) is 0.200. The number of nitrogens with zero attached hydrogens (tertiary/aromatic N) is 4. The molecular weight excluding hydrogens is 500 g/mol. The van der Waals surface area contributed by atoms with Crippen molar-refractivity contribution in [1.29, 1.82) is 5.26 Å². The van der Waals surface area contributed by atoms with Crippen LogP contribution in [0.2, 0.25) is 0 Å². The molecule has 0 bridgehead atoms. The molecule has 0 aliphatic heterocycles. The summed E-state index contributed by atoms with van der Waals surface area (Å²) in [6.07, 6.45) is -6.74. The summed E-state index contributed by atoms with van der Waals surface area (Å²) >= 11 is 0. The predicted molar refractivity (Wildman–Crippen MR) is 113 cm³/mol. The molecule has 0 radical (unpaired) electrons. The van der Waals surface area contributed by atoms with Crippen molar-refractivity contribution in [2.24, 2.45) is 0 Å². The first-order chi connectivity index (χ1) is 16.2. The molecule has 0 unspecified atom stereocenters. The zero-order chi connectivity index (χ0) is 26.6. The summed E-state index contributed by atoms with van der Waals surface area (Å²) in [7, 11) is -4.78. The first kappa shape index (κ1) is 27.1. The summed E-state index contributed by atoms with van der Waals surface area (Å²) in [5.41, 5.74) is -0.522. The summed E-state index contributed by atoms with van der Waals surface area (Å²) in [5, 5.41) is 30.9. The minimum absolute atomic E-state index is 0.0606. The summed E-state index contributed by atoms with van der Waals surface area (Å²) in [6.45, 7) is 1.53. The van der Waals surface area contributed by atoms with Gasteiger partial charge < -0.3 is 13.9 Å². The van der Waals surface area contributed by atoms with E-state index in [1.54, 1.807) is 0 Å². The van der Waals surface area contributed by atoms with Gasteiger partial charge in [0.15, 0.2) is 0 Å². The Balaban J connectivity index is 2.51. The van der Waals surface area contributed by atoms with Gasteiger partial charge in [0.05, 0.1) is 15.9 Å². The molecule has 2 rings (SSSR count). The molecule has 16 heteroatoms. The maximum absolute atomic E-state index is 13.5. The maximum atomic E-state index is 13.5. The maximum Gasteiger partial charge on any atom is 0.471 e. The first-order valence-corrected chi connectivity index (χ1v) is 11.1. The first-order valence-electron chi connectivity index (χ1n) is 9.38. The molecule has 12 nitrogen and oxygen atoms in total. The number of aryl methyl sites for hydroxylation is 2. The molecule has 2 aromatic rings. The summed E-state index contributed by atoms with van der Waals surface area (Å²) in [6, 6.07) is 7.54. The average molecular weight is 516 g/mol. The summed E-state index contributed by atoms with van der Waals surface area (Å²) in [5.74, 6) is -3.08. The van der Waals surface area contributed by atoms with E-state index in [1.165, 1.54) is 19.9 Å². The van der Waals surface area contributed by atoms with Crippen LogP contribution in [-0.4, -0.2) is 39.7 Å². The van der Waals surface area contributed by atoms with Gasteiger partial charge in [0.1, 0.15) is 24.3 Å². The average Bonchev–Trinajstić information content (AvgIpc) is 2.71.